The largest absolute Gasteiger partial charge is 0.491 e. The Bertz CT molecular complexity index is 435. The van der Waals surface area contributed by atoms with Crippen LogP contribution in [-0.4, -0.2) is 38.6 Å². The van der Waals surface area contributed by atoms with Crippen molar-refractivity contribution in [3.8, 4) is 11.5 Å². The van der Waals surface area contributed by atoms with Crippen molar-refractivity contribution >= 4 is 6.08 Å². The zero-order valence-corrected chi connectivity index (χ0v) is 10.1. The van der Waals surface area contributed by atoms with Gasteiger partial charge in [-0.15, -0.1) is 0 Å². The van der Waals surface area contributed by atoms with Gasteiger partial charge in [0.1, 0.15) is 36.9 Å². The Balaban J connectivity index is 1.62. The van der Waals surface area contributed by atoms with Crippen LogP contribution in [0.3, 0.4) is 0 Å². The van der Waals surface area contributed by atoms with E-state index in [1.54, 1.807) is 6.08 Å². The van der Waals surface area contributed by atoms with E-state index >= 15 is 0 Å². The van der Waals surface area contributed by atoms with E-state index in [0.717, 1.165) is 30.3 Å². The lowest BCUT2D eigenvalue weighted by Crippen LogP contribution is -2.06. The van der Waals surface area contributed by atoms with E-state index in [4.69, 9.17) is 18.9 Å². The quantitative estimate of drug-likeness (QED) is 0.691. The summed E-state index contributed by atoms with van der Waals surface area (Å²) in [5, 5.41) is 0. The molecule has 0 aliphatic carbocycles. The van der Waals surface area contributed by atoms with Gasteiger partial charge in [0.25, 0.3) is 0 Å². The molecular formula is C14H16O4. The van der Waals surface area contributed by atoms with Gasteiger partial charge < -0.3 is 18.9 Å². The fourth-order valence-corrected chi connectivity index (χ4v) is 1.61. The van der Waals surface area contributed by atoms with Crippen LogP contribution in [0.5, 0.6) is 11.5 Å². The molecule has 0 N–H and O–H groups in total. The molecule has 0 radical (unpaired) electrons. The maximum absolute atomic E-state index is 5.67. The summed E-state index contributed by atoms with van der Waals surface area (Å²) >= 11 is 0. The molecule has 2 heterocycles. The van der Waals surface area contributed by atoms with E-state index in [9.17, 15) is 0 Å². The maximum atomic E-state index is 5.67. The van der Waals surface area contributed by atoms with Crippen LogP contribution in [0.4, 0.5) is 0 Å². The van der Waals surface area contributed by atoms with E-state index in [0.29, 0.717) is 13.2 Å². The van der Waals surface area contributed by atoms with Crippen molar-refractivity contribution in [1.82, 2.24) is 0 Å². The fourth-order valence-electron chi connectivity index (χ4n) is 1.61. The molecule has 2 atom stereocenters. The summed E-state index contributed by atoms with van der Waals surface area (Å²) < 4.78 is 21.5. The summed E-state index contributed by atoms with van der Waals surface area (Å²) in [6.45, 7) is 6.59. The first kappa shape index (κ1) is 11.6. The molecule has 1 aromatic carbocycles. The Hall–Kier alpha value is -1.52. The first-order valence-electron chi connectivity index (χ1n) is 6.10. The average Bonchev–Trinajstić information content (AvgIpc) is 3.28. The van der Waals surface area contributed by atoms with Crippen molar-refractivity contribution < 1.29 is 18.9 Å². The highest BCUT2D eigenvalue weighted by Crippen LogP contribution is 2.27. The summed E-state index contributed by atoms with van der Waals surface area (Å²) in [5.41, 5.74) is 0.935. The number of benzene rings is 1. The molecule has 2 aliphatic heterocycles. The van der Waals surface area contributed by atoms with Crippen LogP contribution in [0.15, 0.2) is 24.8 Å². The number of epoxide rings is 2. The summed E-state index contributed by atoms with van der Waals surface area (Å²) in [7, 11) is 0. The molecule has 0 amide bonds. The zero-order valence-electron chi connectivity index (χ0n) is 10.1. The summed E-state index contributed by atoms with van der Waals surface area (Å²) in [6.07, 6.45) is 2.29. The van der Waals surface area contributed by atoms with Crippen LogP contribution in [0, 0.1) is 0 Å². The fraction of sp³-hybridized carbons (Fsp3) is 0.429. The third kappa shape index (κ3) is 3.03. The first-order valence-corrected chi connectivity index (χ1v) is 6.10. The zero-order chi connectivity index (χ0) is 12.4. The Morgan fingerprint density at radius 3 is 2.44 bits per heavy atom. The van der Waals surface area contributed by atoms with Crippen molar-refractivity contribution in [1.29, 1.82) is 0 Å². The van der Waals surface area contributed by atoms with Crippen molar-refractivity contribution in [2.45, 2.75) is 12.2 Å². The van der Waals surface area contributed by atoms with E-state index in [-0.39, 0.29) is 12.2 Å². The first-order chi connectivity index (χ1) is 8.85. The molecule has 2 fully saturated rings. The maximum Gasteiger partial charge on any atom is 0.126 e. The van der Waals surface area contributed by atoms with Gasteiger partial charge in [0, 0.05) is 5.56 Å². The van der Waals surface area contributed by atoms with Crippen LogP contribution >= 0.6 is 0 Å². The lowest BCUT2D eigenvalue weighted by molar-refractivity contribution is 0.257. The van der Waals surface area contributed by atoms with E-state index < -0.39 is 0 Å². The third-order valence-corrected chi connectivity index (χ3v) is 2.87. The molecule has 2 saturated heterocycles. The number of ether oxygens (including phenoxy) is 4. The number of hydrogen-bond acceptors (Lipinski definition) is 4. The second-order valence-electron chi connectivity index (χ2n) is 4.44. The Labute approximate surface area is 106 Å². The third-order valence-electron chi connectivity index (χ3n) is 2.87. The Morgan fingerprint density at radius 2 is 1.83 bits per heavy atom. The Morgan fingerprint density at radius 1 is 1.17 bits per heavy atom. The Kier molecular flexibility index (Phi) is 3.21. The minimum atomic E-state index is 0.255. The summed E-state index contributed by atoms with van der Waals surface area (Å²) in [5.74, 6) is 1.63. The standard InChI is InChI=1S/C14H16O4/c1-2-10-5-11(15-6-12-7-16-12)3-4-14(10)18-9-13-8-17-13/h2-5,12-13H,1,6-9H2. The molecule has 0 bridgehead atoms. The highest BCUT2D eigenvalue weighted by atomic mass is 16.6. The van der Waals surface area contributed by atoms with Crippen molar-refractivity contribution in [2.75, 3.05) is 26.4 Å². The minimum absolute atomic E-state index is 0.255. The van der Waals surface area contributed by atoms with E-state index in [1.807, 2.05) is 18.2 Å². The van der Waals surface area contributed by atoms with Crippen LogP contribution in [-0.2, 0) is 9.47 Å². The van der Waals surface area contributed by atoms with Crippen molar-refractivity contribution in [2.24, 2.45) is 0 Å². The van der Waals surface area contributed by atoms with Gasteiger partial charge in [-0.25, -0.2) is 0 Å². The highest BCUT2D eigenvalue weighted by molar-refractivity contribution is 5.58. The number of hydrogen-bond donors (Lipinski definition) is 0. The minimum Gasteiger partial charge on any atom is -0.491 e. The second kappa shape index (κ2) is 5.00. The number of rotatable bonds is 7. The second-order valence-corrected chi connectivity index (χ2v) is 4.44. The van der Waals surface area contributed by atoms with Gasteiger partial charge >= 0.3 is 0 Å². The van der Waals surface area contributed by atoms with E-state index in [1.165, 1.54) is 0 Å². The van der Waals surface area contributed by atoms with Gasteiger partial charge in [0.2, 0.25) is 0 Å². The van der Waals surface area contributed by atoms with Gasteiger partial charge in [0.05, 0.1) is 13.2 Å². The van der Waals surface area contributed by atoms with Crippen molar-refractivity contribution in [3.05, 3.63) is 30.3 Å². The predicted molar refractivity (Wildman–Crippen MR) is 67.0 cm³/mol. The molecule has 2 unspecified atom stereocenters. The van der Waals surface area contributed by atoms with Gasteiger partial charge in [0.15, 0.2) is 0 Å². The molecule has 0 spiro atoms. The highest BCUT2D eigenvalue weighted by Gasteiger charge is 2.24. The lowest BCUT2D eigenvalue weighted by atomic mass is 10.2. The van der Waals surface area contributed by atoms with Gasteiger partial charge in [-0.3, -0.25) is 0 Å². The van der Waals surface area contributed by atoms with Crippen LogP contribution in [0.1, 0.15) is 5.56 Å². The molecule has 0 saturated carbocycles. The van der Waals surface area contributed by atoms with E-state index in [2.05, 4.69) is 6.58 Å². The molecule has 2 aliphatic rings. The monoisotopic (exact) mass is 248 g/mol. The van der Waals surface area contributed by atoms with Gasteiger partial charge in [-0.05, 0) is 18.2 Å². The normalized spacial score (nSPS) is 24.4. The molecule has 0 aromatic heterocycles. The van der Waals surface area contributed by atoms with Gasteiger partial charge in [-0.1, -0.05) is 12.7 Å². The lowest BCUT2D eigenvalue weighted by Gasteiger charge is -2.10. The SMILES string of the molecule is C=Cc1cc(OCC2CO2)ccc1OCC1CO1. The molecule has 4 heteroatoms. The molecular weight excluding hydrogens is 232 g/mol. The van der Waals surface area contributed by atoms with Crippen LogP contribution < -0.4 is 9.47 Å². The molecule has 18 heavy (non-hydrogen) atoms. The van der Waals surface area contributed by atoms with Gasteiger partial charge in [-0.2, -0.15) is 0 Å². The average molecular weight is 248 g/mol. The molecule has 4 nitrogen and oxygen atoms in total. The summed E-state index contributed by atoms with van der Waals surface area (Å²) in [4.78, 5) is 0. The summed E-state index contributed by atoms with van der Waals surface area (Å²) in [6, 6.07) is 5.74. The van der Waals surface area contributed by atoms with Crippen LogP contribution in [0.25, 0.3) is 6.08 Å². The molecule has 1 aromatic rings. The predicted octanol–water partition coefficient (Wildman–Crippen LogP) is 1.88. The van der Waals surface area contributed by atoms with Crippen LogP contribution in [0.2, 0.25) is 0 Å². The molecule has 96 valence electrons. The van der Waals surface area contributed by atoms with Crippen molar-refractivity contribution in [3.63, 3.8) is 0 Å². The molecule has 3 rings (SSSR count). The topological polar surface area (TPSA) is 43.5 Å². The smallest absolute Gasteiger partial charge is 0.126 e.